The van der Waals surface area contributed by atoms with Crippen LogP contribution in [-0.2, 0) is 9.53 Å². The number of nitrogens with one attached hydrogen (secondary N) is 1. The highest BCUT2D eigenvalue weighted by molar-refractivity contribution is 6.31. The van der Waals surface area contributed by atoms with Gasteiger partial charge in [-0.3, -0.25) is 9.59 Å². The van der Waals surface area contributed by atoms with Gasteiger partial charge in [0.25, 0.3) is 5.91 Å². The zero-order valence-electron chi connectivity index (χ0n) is 20.3. The summed E-state index contributed by atoms with van der Waals surface area (Å²) in [6, 6.07) is 10.8. The van der Waals surface area contributed by atoms with Crippen LogP contribution in [0.2, 0.25) is 5.02 Å². The van der Waals surface area contributed by atoms with Gasteiger partial charge in [0.1, 0.15) is 11.6 Å². The maximum Gasteiger partial charge on any atom is 0.313 e. The molecule has 1 amide bonds. The first-order valence-electron chi connectivity index (χ1n) is 12.2. The van der Waals surface area contributed by atoms with Crippen molar-refractivity contribution in [2.75, 3.05) is 13.7 Å². The zero-order valence-corrected chi connectivity index (χ0v) is 21.0. The van der Waals surface area contributed by atoms with Crippen molar-refractivity contribution in [3.05, 3.63) is 76.6 Å². The quantitative estimate of drug-likeness (QED) is 0.206. The third kappa shape index (κ3) is 7.56. The number of benzene rings is 2. The van der Waals surface area contributed by atoms with Gasteiger partial charge in [0.15, 0.2) is 0 Å². The molecule has 1 aliphatic rings. The molecule has 35 heavy (non-hydrogen) atoms. The highest BCUT2D eigenvalue weighted by atomic mass is 35.5. The number of carbonyl (C=O) groups is 2. The summed E-state index contributed by atoms with van der Waals surface area (Å²) in [6.45, 7) is 2.86. The number of hydrogen-bond donors (Lipinski definition) is 1. The molecule has 0 saturated heterocycles. The largest absolute Gasteiger partial charge is 0.494 e. The number of amides is 1. The summed E-state index contributed by atoms with van der Waals surface area (Å²) in [7, 11) is 1.31. The highest BCUT2D eigenvalue weighted by Crippen LogP contribution is 2.37. The van der Waals surface area contributed by atoms with E-state index in [1.54, 1.807) is 24.3 Å². The lowest BCUT2D eigenvalue weighted by Crippen LogP contribution is -2.33. The topological polar surface area (TPSA) is 64.6 Å². The van der Waals surface area contributed by atoms with Crippen molar-refractivity contribution >= 4 is 23.5 Å². The number of carbonyl (C=O) groups excluding carboxylic acids is 2. The molecule has 1 aliphatic carbocycles. The number of methoxy groups -OCH3 is 1. The maximum atomic E-state index is 13.5. The second-order valence-corrected chi connectivity index (χ2v) is 9.23. The Labute approximate surface area is 211 Å². The minimum Gasteiger partial charge on any atom is -0.494 e. The van der Waals surface area contributed by atoms with E-state index in [1.807, 2.05) is 12.2 Å². The van der Waals surface area contributed by atoms with Crippen LogP contribution in [0.5, 0.6) is 5.75 Å². The van der Waals surface area contributed by atoms with Crippen LogP contribution in [0.3, 0.4) is 0 Å². The van der Waals surface area contributed by atoms with Gasteiger partial charge in [-0.15, -0.1) is 0 Å². The van der Waals surface area contributed by atoms with Crippen molar-refractivity contribution in [3.63, 3.8) is 0 Å². The van der Waals surface area contributed by atoms with E-state index in [-0.39, 0.29) is 22.9 Å². The molecule has 0 radical (unpaired) electrons. The molecule has 0 heterocycles. The SMILES string of the molecule is CCCCCCCOc1ccc(C(=O)N[C@@H]2C=C[C@@H]([C@@H](C(=O)OC)c3ccc(F)cc3Cl)C2)cc1. The normalized spacial score (nSPS) is 17.7. The number of allylic oxidation sites excluding steroid dienone is 1. The minimum atomic E-state index is -0.690. The molecule has 0 unspecified atom stereocenters. The van der Waals surface area contributed by atoms with E-state index in [4.69, 9.17) is 21.1 Å². The molecule has 3 atom stereocenters. The van der Waals surface area contributed by atoms with Crippen molar-refractivity contribution in [1.29, 1.82) is 0 Å². The summed E-state index contributed by atoms with van der Waals surface area (Å²) in [5, 5.41) is 3.16. The molecule has 7 heteroatoms. The Morgan fingerprint density at radius 3 is 2.51 bits per heavy atom. The van der Waals surface area contributed by atoms with E-state index < -0.39 is 17.7 Å². The predicted molar refractivity (Wildman–Crippen MR) is 135 cm³/mol. The number of esters is 1. The zero-order chi connectivity index (χ0) is 25.2. The molecule has 1 N–H and O–H groups in total. The molecule has 3 rings (SSSR count). The lowest BCUT2D eigenvalue weighted by atomic mass is 9.85. The van der Waals surface area contributed by atoms with Crippen LogP contribution in [0.15, 0.2) is 54.6 Å². The fourth-order valence-electron chi connectivity index (χ4n) is 4.34. The first-order chi connectivity index (χ1) is 16.9. The predicted octanol–water partition coefficient (Wildman–Crippen LogP) is 6.46. The molecule has 0 fully saturated rings. The fourth-order valence-corrected chi connectivity index (χ4v) is 4.63. The average molecular weight is 502 g/mol. The maximum absolute atomic E-state index is 13.5. The van der Waals surface area contributed by atoms with Crippen molar-refractivity contribution in [2.45, 2.75) is 57.4 Å². The molecule has 0 saturated carbocycles. The van der Waals surface area contributed by atoms with Gasteiger partial charge in [0, 0.05) is 16.6 Å². The Hall–Kier alpha value is -2.86. The molecular weight excluding hydrogens is 469 g/mol. The molecule has 0 spiro atoms. The van der Waals surface area contributed by atoms with E-state index in [0.29, 0.717) is 24.2 Å². The van der Waals surface area contributed by atoms with Crippen molar-refractivity contribution in [2.24, 2.45) is 5.92 Å². The molecule has 188 valence electrons. The van der Waals surface area contributed by atoms with Crippen LogP contribution in [0.25, 0.3) is 0 Å². The van der Waals surface area contributed by atoms with E-state index in [9.17, 15) is 14.0 Å². The van der Waals surface area contributed by atoms with Crippen LogP contribution in [0.4, 0.5) is 4.39 Å². The summed E-state index contributed by atoms with van der Waals surface area (Å²) in [4.78, 5) is 25.3. The Kier molecular flexibility index (Phi) is 10.2. The minimum absolute atomic E-state index is 0.171. The number of unbranched alkanes of at least 4 members (excludes halogenated alkanes) is 4. The van der Waals surface area contributed by atoms with E-state index in [1.165, 1.54) is 44.6 Å². The summed E-state index contributed by atoms with van der Waals surface area (Å²) >= 11 is 6.23. The summed E-state index contributed by atoms with van der Waals surface area (Å²) in [5.74, 6) is -1.33. The standard InChI is InChI=1S/C28H33ClFNO4/c1-3-4-5-6-7-16-35-23-13-9-19(10-14-23)27(32)31-22-12-8-20(17-22)26(28(33)34-2)24-15-11-21(30)18-25(24)29/h8-15,18,20,22,26H,3-7,16-17H2,1-2H3,(H,31,32)/t20-,22-,26-/m1/s1. The van der Waals surface area contributed by atoms with Gasteiger partial charge in [0.2, 0.25) is 0 Å². The van der Waals surface area contributed by atoms with Crippen LogP contribution in [-0.4, -0.2) is 31.6 Å². The van der Waals surface area contributed by atoms with Crippen molar-refractivity contribution in [3.8, 4) is 5.75 Å². The second kappa shape index (κ2) is 13.3. The molecule has 0 bridgehead atoms. The third-order valence-electron chi connectivity index (χ3n) is 6.25. The smallest absolute Gasteiger partial charge is 0.313 e. The van der Waals surface area contributed by atoms with Gasteiger partial charge in [-0.25, -0.2) is 4.39 Å². The summed E-state index contributed by atoms with van der Waals surface area (Å²) < 4.78 is 24.3. The number of rotatable bonds is 12. The Bertz CT molecular complexity index is 1020. The molecular formula is C28H33ClFNO4. The molecule has 2 aromatic carbocycles. The summed E-state index contributed by atoms with van der Waals surface area (Å²) in [5.41, 5.74) is 1.03. The van der Waals surface area contributed by atoms with Crippen LogP contribution < -0.4 is 10.1 Å². The summed E-state index contributed by atoms with van der Waals surface area (Å²) in [6.07, 6.45) is 10.1. The molecule has 2 aromatic rings. The van der Waals surface area contributed by atoms with E-state index in [2.05, 4.69) is 12.2 Å². The van der Waals surface area contributed by atoms with Crippen molar-refractivity contribution < 1.29 is 23.5 Å². The van der Waals surface area contributed by atoms with Gasteiger partial charge in [-0.1, -0.05) is 62.4 Å². The van der Waals surface area contributed by atoms with Crippen molar-refractivity contribution in [1.82, 2.24) is 5.32 Å². The lowest BCUT2D eigenvalue weighted by Gasteiger charge is -2.23. The molecule has 0 aromatic heterocycles. The van der Waals surface area contributed by atoms with E-state index >= 15 is 0 Å². The lowest BCUT2D eigenvalue weighted by molar-refractivity contribution is -0.143. The first kappa shape index (κ1) is 26.7. The van der Waals surface area contributed by atoms with Crippen LogP contribution in [0.1, 0.15) is 67.3 Å². The monoisotopic (exact) mass is 501 g/mol. The fraction of sp³-hybridized carbons (Fsp3) is 0.429. The molecule has 0 aliphatic heterocycles. The van der Waals surface area contributed by atoms with Gasteiger partial charge >= 0.3 is 5.97 Å². The Morgan fingerprint density at radius 1 is 1.09 bits per heavy atom. The average Bonchev–Trinajstić information content (AvgIpc) is 3.30. The highest BCUT2D eigenvalue weighted by Gasteiger charge is 2.35. The van der Waals surface area contributed by atoms with Gasteiger partial charge in [-0.05, 0) is 60.7 Å². The molecule has 5 nitrogen and oxygen atoms in total. The van der Waals surface area contributed by atoms with Gasteiger partial charge in [0.05, 0.1) is 19.6 Å². The van der Waals surface area contributed by atoms with Crippen LogP contribution in [0, 0.1) is 11.7 Å². The Morgan fingerprint density at radius 2 is 1.83 bits per heavy atom. The third-order valence-corrected chi connectivity index (χ3v) is 6.57. The van der Waals surface area contributed by atoms with E-state index in [0.717, 1.165) is 18.6 Å². The number of ether oxygens (including phenoxy) is 2. The van der Waals surface area contributed by atoms with Crippen LogP contribution >= 0.6 is 11.6 Å². The second-order valence-electron chi connectivity index (χ2n) is 8.82. The number of halogens is 2. The Balaban J connectivity index is 1.54. The van der Waals surface area contributed by atoms with Gasteiger partial charge < -0.3 is 14.8 Å². The first-order valence-corrected chi connectivity index (χ1v) is 12.6. The number of hydrogen-bond acceptors (Lipinski definition) is 4. The van der Waals surface area contributed by atoms with Gasteiger partial charge in [-0.2, -0.15) is 0 Å².